The van der Waals surface area contributed by atoms with E-state index in [1.807, 2.05) is 6.08 Å². The summed E-state index contributed by atoms with van der Waals surface area (Å²) in [5, 5.41) is 0. The summed E-state index contributed by atoms with van der Waals surface area (Å²) in [5.74, 6) is 1.01. The van der Waals surface area contributed by atoms with Gasteiger partial charge in [0.15, 0.2) is 9.79 Å². The molecule has 0 aliphatic heterocycles. The summed E-state index contributed by atoms with van der Waals surface area (Å²) in [6.45, 7) is 8.15. The van der Waals surface area contributed by atoms with Crippen LogP contribution in [0.5, 0.6) is 0 Å². The predicted molar refractivity (Wildman–Crippen MR) is 81.3 cm³/mol. The van der Waals surface area contributed by atoms with Crippen LogP contribution in [0.1, 0.15) is 11.1 Å². The maximum Gasteiger partial charge on any atom is 0.161 e. The molecule has 0 atom stereocenters. The van der Waals surface area contributed by atoms with Crippen LogP contribution in [0.25, 0.3) is 0 Å². The smallest absolute Gasteiger partial charge is 0.0984 e. The zero-order valence-electron chi connectivity index (χ0n) is 11.0. The lowest BCUT2D eigenvalue weighted by Crippen LogP contribution is -2.07. The van der Waals surface area contributed by atoms with E-state index in [4.69, 9.17) is 0 Å². The second-order valence-electron chi connectivity index (χ2n) is 4.47. The van der Waals surface area contributed by atoms with Gasteiger partial charge in [-0.3, -0.25) is 0 Å². The van der Waals surface area contributed by atoms with Crippen LogP contribution in [-0.2, 0) is 10.9 Å². The highest BCUT2D eigenvalue weighted by molar-refractivity contribution is 7.97. The van der Waals surface area contributed by atoms with Crippen LogP contribution in [0.3, 0.4) is 0 Å². The highest BCUT2D eigenvalue weighted by atomic mass is 32.2. The Morgan fingerprint density at radius 2 is 1.22 bits per heavy atom. The molecule has 0 N–H and O–H groups in total. The maximum atomic E-state index is 3.89. The Morgan fingerprint density at radius 3 is 1.56 bits per heavy atom. The summed E-state index contributed by atoms with van der Waals surface area (Å²) in [7, 11) is 0.114. The first-order chi connectivity index (χ1) is 8.70. The molecule has 0 bridgehead atoms. The van der Waals surface area contributed by atoms with E-state index < -0.39 is 0 Å². The highest BCUT2D eigenvalue weighted by Crippen LogP contribution is 2.24. The Hall–Kier alpha value is -1.47. The average Bonchev–Trinajstić information content (AvgIpc) is 2.39. The van der Waals surface area contributed by atoms with Crippen LogP contribution in [0.2, 0.25) is 0 Å². The molecule has 0 nitrogen and oxygen atoms in total. The summed E-state index contributed by atoms with van der Waals surface area (Å²) in [6.07, 6.45) is 2.02. The molecule has 2 rings (SSSR count). The van der Waals surface area contributed by atoms with Gasteiger partial charge in [0.2, 0.25) is 0 Å². The number of aryl methyl sites for hydroxylation is 2. The lowest BCUT2D eigenvalue weighted by atomic mass is 10.2. The quantitative estimate of drug-likeness (QED) is 0.556. The predicted octanol–water partition coefficient (Wildman–Crippen LogP) is 4.53. The van der Waals surface area contributed by atoms with Gasteiger partial charge in [-0.15, -0.1) is 0 Å². The lowest BCUT2D eigenvalue weighted by Gasteiger charge is -2.06. The second kappa shape index (κ2) is 5.92. The normalized spacial score (nSPS) is 10.6. The molecule has 0 aromatic heterocycles. The van der Waals surface area contributed by atoms with Crippen molar-refractivity contribution in [3.8, 4) is 0 Å². The molecule has 0 saturated heterocycles. The SMILES string of the molecule is C=CC[S+](c1ccc(C)cc1)c1ccc(C)cc1. The third kappa shape index (κ3) is 3.05. The minimum atomic E-state index is 0.114. The third-order valence-electron chi connectivity index (χ3n) is 2.90. The Balaban J connectivity index is 2.35. The summed E-state index contributed by atoms with van der Waals surface area (Å²) in [5.41, 5.74) is 2.62. The van der Waals surface area contributed by atoms with E-state index in [0.29, 0.717) is 0 Å². The summed E-state index contributed by atoms with van der Waals surface area (Å²) < 4.78 is 0. The maximum absolute atomic E-state index is 3.89. The van der Waals surface area contributed by atoms with Gasteiger partial charge in [0.1, 0.15) is 5.75 Å². The van der Waals surface area contributed by atoms with Crippen molar-refractivity contribution >= 4 is 10.9 Å². The summed E-state index contributed by atoms with van der Waals surface area (Å²) >= 11 is 0. The second-order valence-corrected chi connectivity index (χ2v) is 6.53. The van der Waals surface area contributed by atoms with Gasteiger partial charge in [-0.1, -0.05) is 42.0 Å². The molecule has 0 saturated carbocycles. The van der Waals surface area contributed by atoms with Gasteiger partial charge in [0.25, 0.3) is 0 Å². The summed E-state index contributed by atoms with van der Waals surface area (Å²) in [6, 6.07) is 17.7. The molecule has 0 fully saturated rings. The average molecular weight is 255 g/mol. The molecule has 0 spiro atoms. The first kappa shape index (κ1) is 13.0. The molecule has 0 heterocycles. The fourth-order valence-corrected chi connectivity index (χ4v) is 3.67. The molecular weight excluding hydrogens is 236 g/mol. The first-order valence-corrected chi connectivity index (χ1v) is 7.55. The fourth-order valence-electron chi connectivity index (χ4n) is 1.85. The van der Waals surface area contributed by atoms with Crippen molar-refractivity contribution in [3.05, 3.63) is 72.3 Å². The zero-order chi connectivity index (χ0) is 13.0. The molecule has 0 aliphatic carbocycles. The highest BCUT2D eigenvalue weighted by Gasteiger charge is 2.23. The van der Waals surface area contributed by atoms with Crippen molar-refractivity contribution < 1.29 is 0 Å². The molecule has 2 aromatic rings. The number of hydrogen-bond acceptors (Lipinski definition) is 0. The molecule has 0 aliphatic rings. The fraction of sp³-hybridized carbons (Fsp3) is 0.176. The van der Waals surface area contributed by atoms with Crippen molar-refractivity contribution in [2.45, 2.75) is 23.6 Å². The van der Waals surface area contributed by atoms with Crippen LogP contribution < -0.4 is 0 Å². The van der Waals surface area contributed by atoms with Gasteiger partial charge in [0, 0.05) is 0 Å². The zero-order valence-corrected chi connectivity index (χ0v) is 11.8. The number of hydrogen-bond donors (Lipinski definition) is 0. The van der Waals surface area contributed by atoms with E-state index in [0.717, 1.165) is 5.75 Å². The number of rotatable bonds is 4. The van der Waals surface area contributed by atoms with E-state index in [1.165, 1.54) is 20.9 Å². The molecule has 0 radical (unpaired) electrons. The van der Waals surface area contributed by atoms with E-state index in [2.05, 4.69) is 69.0 Å². The Morgan fingerprint density at radius 1 is 0.833 bits per heavy atom. The molecule has 92 valence electrons. The van der Waals surface area contributed by atoms with Crippen molar-refractivity contribution in [1.29, 1.82) is 0 Å². The molecular formula is C17H19S+. The first-order valence-electron chi connectivity index (χ1n) is 6.16. The van der Waals surface area contributed by atoms with Crippen molar-refractivity contribution in [2.75, 3.05) is 5.75 Å². The molecule has 1 heteroatoms. The Bertz CT molecular complexity index is 463. The van der Waals surface area contributed by atoms with Crippen molar-refractivity contribution in [2.24, 2.45) is 0 Å². The topological polar surface area (TPSA) is 0 Å². The standard InChI is InChI=1S/C17H19S/c1-4-13-18(16-9-5-14(2)6-10-16)17-11-7-15(3)8-12-17/h4-12H,1,13H2,2-3H3/q+1. The van der Waals surface area contributed by atoms with Crippen molar-refractivity contribution in [1.82, 2.24) is 0 Å². The minimum absolute atomic E-state index is 0.114. The third-order valence-corrected chi connectivity index (χ3v) is 5.15. The molecule has 0 amide bonds. The van der Waals surface area contributed by atoms with E-state index in [1.54, 1.807) is 0 Å². The molecule has 2 aromatic carbocycles. The van der Waals surface area contributed by atoms with E-state index >= 15 is 0 Å². The number of benzene rings is 2. The van der Waals surface area contributed by atoms with Gasteiger partial charge >= 0.3 is 0 Å². The van der Waals surface area contributed by atoms with Gasteiger partial charge in [-0.25, -0.2) is 0 Å². The van der Waals surface area contributed by atoms with Crippen LogP contribution in [0.15, 0.2) is 71.0 Å². The Labute approximate surface area is 113 Å². The van der Waals surface area contributed by atoms with E-state index in [9.17, 15) is 0 Å². The summed E-state index contributed by atoms with van der Waals surface area (Å²) in [4.78, 5) is 2.79. The Kier molecular flexibility index (Phi) is 4.27. The van der Waals surface area contributed by atoms with E-state index in [-0.39, 0.29) is 10.9 Å². The lowest BCUT2D eigenvalue weighted by molar-refractivity contribution is 1.31. The monoisotopic (exact) mass is 255 g/mol. The molecule has 18 heavy (non-hydrogen) atoms. The van der Waals surface area contributed by atoms with Crippen LogP contribution >= 0.6 is 0 Å². The van der Waals surface area contributed by atoms with Gasteiger partial charge < -0.3 is 0 Å². The largest absolute Gasteiger partial charge is 0.161 e. The van der Waals surface area contributed by atoms with Crippen LogP contribution in [0, 0.1) is 13.8 Å². The minimum Gasteiger partial charge on any atom is -0.0984 e. The van der Waals surface area contributed by atoms with Gasteiger partial charge in [0.05, 0.1) is 10.9 Å². The van der Waals surface area contributed by atoms with Crippen LogP contribution in [-0.4, -0.2) is 5.75 Å². The van der Waals surface area contributed by atoms with Crippen LogP contribution in [0.4, 0.5) is 0 Å². The van der Waals surface area contributed by atoms with Gasteiger partial charge in [-0.2, -0.15) is 0 Å². The van der Waals surface area contributed by atoms with Gasteiger partial charge in [-0.05, 0) is 44.2 Å². The molecule has 0 unspecified atom stereocenters. The van der Waals surface area contributed by atoms with Crippen molar-refractivity contribution in [3.63, 3.8) is 0 Å².